The number of fused-ring (bicyclic) bond motifs is 2. The minimum atomic E-state index is 0.726. The normalized spacial score (nSPS) is 33.1. The molecule has 0 aliphatic heterocycles. The Bertz CT molecular complexity index is 346. The Kier molecular flexibility index (Phi) is 3.53. The van der Waals surface area contributed by atoms with Crippen molar-refractivity contribution in [3.8, 4) is 0 Å². The maximum Gasteiger partial charge on any atom is 0.00698 e. The molecule has 2 fully saturated rings. The van der Waals surface area contributed by atoms with Crippen LogP contribution in [0, 0.1) is 17.8 Å². The van der Waals surface area contributed by atoms with E-state index in [-0.39, 0.29) is 0 Å². The van der Waals surface area contributed by atoms with Gasteiger partial charge in [-0.2, -0.15) is 11.3 Å². The summed E-state index contributed by atoms with van der Waals surface area (Å²) in [5.74, 6) is 3.09. The average Bonchev–Trinajstić information content (AvgIpc) is 3.05. The predicted octanol–water partition coefficient (Wildman–Crippen LogP) is 3.70. The lowest BCUT2D eigenvalue weighted by molar-refractivity contribution is 0.261. The Morgan fingerprint density at radius 1 is 1.41 bits per heavy atom. The zero-order valence-electron chi connectivity index (χ0n) is 10.7. The van der Waals surface area contributed by atoms with Crippen LogP contribution in [0.5, 0.6) is 0 Å². The molecule has 2 bridgehead atoms. The lowest BCUT2D eigenvalue weighted by Gasteiger charge is -2.28. The highest BCUT2D eigenvalue weighted by Gasteiger charge is 2.41. The number of hydrogen-bond donors (Lipinski definition) is 1. The fourth-order valence-electron chi connectivity index (χ4n) is 3.94. The summed E-state index contributed by atoms with van der Waals surface area (Å²) < 4.78 is 0. The maximum atomic E-state index is 3.75. The van der Waals surface area contributed by atoms with E-state index < -0.39 is 0 Å². The number of nitrogens with one attached hydrogen (secondary N) is 1. The predicted molar refractivity (Wildman–Crippen MR) is 74.4 cm³/mol. The van der Waals surface area contributed by atoms with Crippen LogP contribution in [0.4, 0.5) is 0 Å². The first-order valence-electron chi connectivity index (χ1n) is 7.07. The second kappa shape index (κ2) is 5.11. The van der Waals surface area contributed by atoms with E-state index in [0.29, 0.717) is 0 Å². The van der Waals surface area contributed by atoms with E-state index in [1.54, 1.807) is 11.3 Å². The van der Waals surface area contributed by atoms with Crippen molar-refractivity contribution in [1.29, 1.82) is 0 Å². The monoisotopic (exact) mass is 249 g/mol. The minimum absolute atomic E-state index is 0.726. The van der Waals surface area contributed by atoms with Gasteiger partial charge in [0, 0.05) is 6.04 Å². The highest BCUT2D eigenvalue weighted by molar-refractivity contribution is 7.07. The SMILES string of the molecule is CC(NCCc1ccsc1)C1CC2CCC1C2. The number of hydrogen-bond acceptors (Lipinski definition) is 2. The second-order valence-electron chi connectivity index (χ2n) is 5.96. The molecule has 2 aliphatic carbocycles. The van der Waals surface area contributed by atoms with Crippen molar-refractivity contribution >= 4 is 11.3 Å². The van der Waals surface area contributed by atoms with Crippen LogP contribution >= 0.6 is 11.3 Å². The van der Waals surface area contributed by atoms with Crippen LogP contribution < -0.4 is 5.32 Å². The van der Waals surface area contributed by atoms with Gasteiger partial charge < -0.3 is 5.32 Å². The molecule has 0 amide bonds. The lowest BCUT2D eigenvalue weighted by atomic mass is 9.84. The van der Waals surface area contributed by atoms with Gasteiger partial charge >= 0.3 is 0 Å². The summed E-state index contributed by atoms with van der Waals surface area (Å²) in [6.07, 6.45) is 7.24. The van der Waals surface area contributed by atoms with Crippen LogP contribution in [0.25, 0.3) is 0 Å². The highest BCUT2D eigenvalue weighted by atomic mass is 32.1. The van der Waals surface area contributed by atoms with Gasteiger partial charge in [0.2, 0.25) is 0 Å². The average molecular weight is 249 g/mol. The van der Waals surface area contributed by atoms with Crippen molar-refractivity contribution < 1.29 is 0 Å². The molecule has 1 aromatic rings. The fraction of sp³-hybridized carbons (Fsp3) is 0.733. The zero-order valence-corrected chi connectivity index (χ0v) is 11.5. The molecule has 0 spiro atoms. The van der Waals surface area contributed by atoms with Gasteiger partial charge in [0.15, 0.2) is 0 Å². The van der Waals surface area contributed by atoms with E-state index >= 15 is 0 Å². The largest absolute Gasteiger partial charge is 0.314 e. The molecule has 4 atom stereocenters. The molecular weight excluding hydrogens is 226 g/mol. The van der Waals surface area contributed by atoms with E-state index in [2.05, 4.69) is 29.1 Å². The molecule has 1 heterocycles. The number of rotatable bonds is 5. The summed E-state index contributed by atoms with van der Waals surface area (Å²) >= 11 is 1.81. The van der Waals surface area contributed by atoms with E-state index in [0.717, 1.165) is 30.3 Å². The molecule has 1 nitrogen and oxygen atoms in total. The Morgan fingerprint density at radius 2 is 2.35 bits per heavy atom. The van der Waals surface area contributed by atoms with Crippen LogP contribution in [-0.2, 0) is 6.42 Å². The molecule has 2 heteroatoms. The van der Waals surface area contributed by atoms with Crippen molar-refractivity contribution in [3.05, 3.63) is 22.4 Å². The van der Waals surface area contributed by atoms with E-state index in [4.69, 9.17) is 0 Å². The molecule has 94 valence electrons. The van der Waals surface area contributed by atoms with Crippen LogP contribution in [0.1, 0.15) is 38.2 Å². The molecule has 2 aliphatic rings. The molecule has 2 saturated carbocycles. The van der Waals surface area contributed by atoms with E-state index in [1.165, 1.54) is 37.7 Å². The lowest BCUT2D eigenvalue weighted by Crippen LogP contribution is -2.37. The van der Waals surface area contributed by atoms with Gasteiger partial charge in [-0.25, -0.2) is 0 Å². The smallest absolute Gasteiger partial charge is 0.00698 e. The first-order chi connectivity index (χ1) is 8.33. The van der Waals surface area contributed by atoms with Gasteiger partial charge in [-0.1, -0.05) is 6.42 Å². The molecular formula is C15H23NS. The first-order valence-corrected chi connectivity index (χ1v) is 8.01. The van der Waals surface area contributed by atoms with Gasteiger partial charge in [0.05, 0.1) is 0 Å². The zero-order chi connectivity index (χ0) is 11.7. The van der Waals surface area contributed by atoms with Gasteiger partial charge in [0.1, 0.15) is 0 Å². The van der Waals surface area contributed by atoms with Crippen molar-refractivity contribution in [1.82, 2.24) is 5.32 Å². The van der Waals surface area contributed by atoms with Crippen LogP contribution in [0.2, 0.25) is 0 Å². The topological polar surface area (TPSA) is 12.0 Å². The molecule has 4 unspecified atom stereocenters. The molecule has 0 aromatic carbocycles. The summed E-state index contributed by atoms with van der Waals surface area (Å²) in [6, 6.07) is 2.97. The quantitative estimate of drug-likeness (QED) is 0.839. The first kappa shape index (κ1) is 11.7. The Labute approximate surface area is 109 Å². The molecule has 1 N–H and O–H groups in total. The number of thiophene rings is 1. The van der Waals surface area contributed by atoms with Crippen LogP contribution in [-0.4, -0.2) is 12.6 Å². The van der Waals surface area contributed by atoms with Gasteiger partial charge in [-0.05, 0) is 79.3 Å². The molecule has 0 radical (unpaired) electrons. The third kappa shape index (κ3) is 2.58. The minimum Gasteiger partial charge on any atom is -0.314 e. The third-order valence-corrected chi connectivity index (χ3v) is 5.63. The summed E-state index contributed by atoms with van der Waals surface area (Å²) in [7, 11) is 0. The highest BCUT2D eigenvalue weighted by Crippen LogP contribution is 2.49. The van der Waals surface area contributed by atoms with Gasteiger partial charge in [-0.3, -0.25) is 0 Å². The van der Waals surface area contributed by atoms with Crippen LogP contribution in [0.15, 0.2) is 16.8 Å². The summed E-state index contributed by atoms with van der Waals surface area (Å²) in [5.41, 5.74) is 1.49. The van der Waals surface area contributed by atoms with Crippen molar-refractivity contribution in [3.63, 3.8) is 0 Å². The molecule has 3 rings (SSSR count). The van der Waals surface area contributed by atoms with E-state index in [9.17, 15) is 0 Å². The maximum absolute atomic E-state index is 3.75. The van der Waals surface area contributed by atoms with Crippen LogP contribution in [0.3, 0.4) is 0 Å². The Morgan fingerprint density at radius 3 is 3.00 bits per heavy atom. The Balaban J connectivity index is 1.43. The summed E-state index contributed by atoms with van der Waals surface area (Å²) in [5, 5.41) is 8.20. The standard InChI is InChI=1S/C15H23NS/c1-11(15-9-13-2-3-14(15)8-13)16-6-4-12-5-7-17-10-12/h5,7,10-11,13-16H,2-4,6,8-9H2,1H3. The van der Waals surface area contributed by atoms with Crippen molar-refractivity contribution in [2.75, 3.05) is 6.54 Å². The fourth-order valence-corrected chi connectivity index (χ4v) is 4.64. The van der Waals surface area contributed by atoms with Crippen molar-refractivity contribution in [2.45, 2.75) is 45.1 Å². The Hall–Kier alpha value is -0.340. The molecule has 0 saturated heterocycles. The summed E-state index contributed by atoms with van der Waals surface area (Å²) in [6.45, 7) is 3.55. The second-order valence-corrected chi connectivity index (χ2v) is 6.74. The third-order valence-electron chi connectivity index (χ3n) is 4.90. The molecule has 1 aromatic heterocycles. The van der Waals surface area contributed by atoms with Gasteiger partial charge in [0.25, 0.3) is 0 Å². The summed E-state index contributed by atoms with van der Waals surface area (Å²) in [4.78, 5) is 0. The van der Waals surface area contributed by atoms with Crippen molar-refractivity contribution in [2.24, 2.45) is 17.8 Å². The molecule has 17 heavy (non-hydrogen) atoms. The van der Waals surface area contributed by atoms with E-state index in [1.807, 2.05) is 0 Å². The van der Waals surface area contributed by atoms with Gasteiger partial charge in [-0.15, -0.1) is 0 Å².